The SMILES string of the molecule is CC(CC(=O)NCc1cc[nH]c1)c1ccc(N)cc1. The lowest BCUT2D eigenvalue weighted by molar-refractivity contribution is -0.121. The summed E-state index contributed by atoms with van der Waals surface area (Å²) in [5.41, 5.74) is 8.60. The highest BCUT2D eigenvalue weighted by atomic mass is 16.1. The third-order valence-corrected chi connectivity index (χ3v) is 3.15. The monoisotopic (exact) mass is 257 g/mol. The van der Waals surface area contributed by atoms with Gasteiger partial charge in [-0.15, -0.1) is 0 Å². The molecule has 4 N–H and O–H groups in total. The molecule has 1 amide bonds. The normalized spacial score (nSPS) is 12.1. The van der Waals surface area contributed by atoms with Crippen LogP contribution in [0.4, 0.5) is 5.69 Å². The van der Waals surface area contributed by atoms with Crippen LogP contribution in [-0.4, -0.2) is 10.9 Å². The minimum atomic E-state index is 0.0607. The lowest BCUT2D eigenvalue weighted by Gasteiger charge is -2.12. The number of H-pyrrole nitrogens is 1. The summed E-state index contributed by atoms with van der Waals surface area (Å²) in [6.07, 6.45) is 4.20. The summed E-state index contributed by atoms with van der Waals surface area (Å²) < 4.78 is 0. The van der Waals surface area contributed by atoms with Crippen molar-refractivity contribution in [1.29, 1.82) is 0 Å². The number of nitrogen functional groups attached to an aromatic ring is 1. The Kier molecular flexibility index (Phi) is 4.23. The van der Waals surface area contributed by atoms with Crippen LogP contribution in [0, 0.1) is 0 Å². The van der Waals surface area contributed by atoms with E-state index in [2.05, 4.69) is 10.3 Å². The molecule has 0 saturated carbocycles. The lowest BCUT2D eigenvalue weighted by atomic mass is 9.97. The number of nitrogens with two attached hydrogens (primary N) is 1. The van der Waals surface area contributed by atoms with Gasteiger partial charge in [-0.05, 0) is 35.2 Å². The van der Waals surface area contributed by atoms with Crippen molar-refractivity contribution in [2.75, 3.05) is 5.73 Å². The summed E-state index contributed by atoms with van der Waals surface area (Å²) in [5, 5.41) is 2.91. The minimum absolute atomic E-state index is 0.0607. The minimum Gasteiger partial charge on any atom is -0.399 e. The quantitative estimate of drug-likeness (QED) is 0.720. The molecule has 0 spiro atoms. The number of carbonyl (C=O) groups excluding carboxylic acids is 1. The molecule has 0 fully saturated rings. The maximum atomic E-state index is 11.8. The van der Waals surface area contributed by atoms with Crippen LogP contribution in [0.5, 0.6) is 0 Å². The molecule has 0 aliphatic rings. The Bertz CT molecular complexity index is 517. The predicted molar refractivity (Wildman–Crippen MR) is 76.5 cm³/mol. The number of aromatic nitrogens is 1. The second-order valence-corrected chi connectivity index (χ2v) is 4.77. The van der Waals surface area contributed by atoms with Gasteiger partial charge in [-0.2, -0.15) is 0 Å². The third-order valence-electron chi connectivity index (χ3n) is 3.15. The molecule has 0 aliphatic carbocycles. The van der Waals surface area contributed by atoms with E-state index in [4.69, 9.17) is 5.73 Å². The molecule has 1 heterocycles. The van der Waals surface area contributed by atoms with E-state index in [1.807, 2.05) is 49.6 Å². The highest BCUT2D eigenvalue weighted by Crippen LogP contribution is 2.19. The fourth-order valence-corrected chi connectivity index (χ4v) is 1.96. The molecule has 1 aromatic heterocycles. The van der Waals surface area contributed by atoms with Crippen molar-refractivity contribution in [3.63, 3.8) is 0 Å². The van der Waals surface area contributed by atoms with Crippen LogP contribution in [0.25, 0.3) is 0 Å². The van der Waals surface area contributed by atoms with Crippen LogP contribution in [0.15, 0.2) is 42.7 Å². The average molecular weight is 257 g/mol. The Morgan fingerprint density at radius 2 is 2.05 bits per heavy atom. The standard InChI is InChI=1S/C15H19N3O/c1-11(13-2-4-14(16)5-3-13)8-15(19)18-10-12-6-7-17-9-12/h2-7,9,11,17H,8,10,16H2,1H3,(H,18,19). The predicted octanol–water partition coefficient (Wildman–Crippen LogP) is 2.41. The van der Waals surface area contributed by atoms with Crippen molar-refractivity contribution in [2.45, 2.75) is 25.8 Å². The highest BCUT2D eigenvalue weighted by Gasteiger charge is 2.10. The molecule has 4 nitrogen and oxygen atoms in total. The van der Waals surface area contributed by atoms with Crippen LogP contribution in [-0.2, 0) is 11.3 Å². The van der Waals surface area contributed by atoms with E-state index in [-0.39, 0.29) is 11.8 Å². The zero-order chi connectivity index (χ0) is 13.7. The fourth-order valence-electron chi connectivity index (χ4n) is 1.96. The lowest BCUT2D eigenvalue weighted by Crippen LogP contribution is -2.23. The van der Waals surface area contributed by atoms with Crippen LogP contribution in [0.2, 0.25) is 0 Å². The van der Waals surface area contributed by atoms with Crippen molar-refractivity contribution in [3.8, 4) is 0 Å². The molecule has 0 bridgehead atoms. The molecule has 1 unspecified atom stereocenters. The molecule has 19 heavy (non-hydrogen) atoms. The molecule has 1 atom stereocenters. The summed E-state index contributed by atoms with van der Waals surface area (Å²) in [6.45, 7) is 2.61. The Labute approximate surface area is 113 Å². The summed E-state index contributed by atoms with van der Waals surface area (Å²) in [6, 6.07) is 9.62. The summed E-state index contributed by atoms with van der Waals surface area (Å²) in [4.78, 5) is 14.8. The van der Waals surface area contributed by atoms with Gasteiger partial charge in [0.05, 0.1) is 0 Å². The first-order chi connectivity index (χ1) is 9.15. The van der Waals surface area contributed by atoms with Crippen molar-refractivity contribution in [1.82, 2.24) is 10.3 Å². The number of amides is 1. The number of carbonyl (C=O) groups is 1. The molecule has 0 saturated heterocycles. The second kappa shape index (κ2) is 6.09. The van der Waals surface area contributed by atoms with E-state index in [0.29, 0.717) is 13.0 Å². The van der Waals surface area contributed by atoms with Crippen LogP contribution >= 0.6 is 0 Å². The summed E-state index contributed by atoms with van der Waals surface area (Å²) >= 11 is 0. The molecule has 4 heteroatoms. The molecular formula is C15H19N3O. The van der Waals surface area contributed by atoms with Crippen LogP contribution in [0.1, 0.15) is 30.4 Å². The van der Waals surface area contributed by atoms with E-state index in [0.717, 1.165) is 16.8 Å². The van der Waals surface area contributed by atoms with E-state index in [9.17, 15) is 4.79 Å². The van der Waals surface area contributed by atoms with Gasteiger partial charge in [0.2, 0.25) is 5.91 Å². The molecule has 2 aromatic rings. The number of hydrogen-bond donors (Lipinski definition) is 3. The zero-order valence-electron chi connectivity index (χ0n) is 11.0. The van der Waals surface area contributed by atoms with E-state index < -0.39 is 0 Å². The molecule has 1 aromatic carbocycles. The average Bonchev–Trinajstić information content (AvgIpc) is 2.90. The number of benzene rings is 1. The van der Waals surface area contributed by atoms with E-state index >= 15 is 0 Å². The summed E-state index contributed by atoms with van der Waals surface area (Å²) in [5.74, 6) is 0.248. The van der Waals surface area contributed by atoms with Crippen LogP contribution in [0.3, 0.4) is 0 Å². The van der Waals surface area contributed by atoms with Crippen molar-refractivity contribution in [2.24, 2.45) is 0 Å². The van der Waals surface area contributed by atoms with Gasteiger partial charge in [0, 0.05) is 31.0 Å². The number of hydrogen-bond acceptors (Lipinski definition) is 2. The number of nitrogens with one attached hydrogen (secondary N) is 2. The fraction of sp³-hybridized carbons (Fsp3) is 0.267. The van der Waals surface area contributed by atoms with Crippen molar-refractivity contribution in [3.05, 3.63) is 53.9 Å². The van der Waals surface area contributed by atoms with Gasteiger partial charge in [-0.25, -0.2) is 0 Å². The van der Waals surface area contributed by atoms with Crippen molar-refractivity contribution >= 4 is 11.6 Å². The first-order valence-corrected chi connectivity index (χ1v) is 6.39. The Morgan fingerprint density at radius 3 is 2.68 bits per heavy atom. The van der Waals surface area contributed by atoms with Gasteiger partial charge in [0.1, 0.15) is 0 Å². The molecule has 0 radical (unpaired) electrons. The van der Waals surface area contributed by atoms with Gasteiger partial charge in [-0.1, -0.05) is 19.1 Å². The largest absolute Gasteiger partial charge is 0.399 e. The Morgan fingerprint density at radius 1 is 1.32 bits per heavy atom. The van der Waals surface area contributed by atoms with Gasteiger partial charge in [-0.3, -0.25) is 4.79 Å². The molecule has 0 aliphatic heterocycles. The maximum absolute atomic E-state index is 11.8. The smallest absolute Gasteiger partial charge is 0.220 e. The Hall–Kier alpha value is -2.23. The topological polar surface area (TPSA) is 70.9 Å². The Balaban J connectivity index is 1.83. The second-order valence-electron chi connectivity index (χ2n) is 4.77. The maximum Gasteiger partial charge on any atom is 0.220 e. The number of anilines is 1. The molecule has 100 valence electrons. The third kappa shape index (κ3) is 3.88. The number of rotatable bonds is 5. The van der Waals surface area contributed by atoms with E-state index in [1.54, 1.807) is 0 Å². The van der Waals surface area contributed by atoms with Gasteiger partial charge < -0.3 is 16.0 Å². The van der Waals surface area contributed by atoms with E-state index in [1.165, 1.54) is 0 Å². The van der Waals surface area contributed by atoms with Crippen molar-refractivity contribution < 1.29 is 4.79 Å². The van der Waals surface area contributed by atoms with Crippen LogP contribution < -0.4 is 11.1 Å². The molecule has 2 rings (SSSR count). The molecular weight excluding hydrogens is 238 g/mol. The first-order valence-electron chi connectivity index (χ1n) is 6.39. The summed E-state index contributed by atoms with van der Waals surface area (Å²) in [7, 11) is 0. The zero-order valence-corrected chi connectivity index (χ0v) is 11.0. The first kappa shape index (κ1) is 13.2. The number of aromatic amines is 1. The van der Waals surface area contributed by atoms with Gasteiger partial charge in [0.15, 0.2) is 0 Å². The van der Waals surface area contributed by atoms with Gasteiger partial charge >= 0.3 is 0 Å². The highest BCUT2D eigenvalue weighted by molar-refractivity contribution is 5.76. The van der Waals surface area contributed by atoms with Gasteiger partial charge in [0.25, 0.3) is 0 Å².